The Balaban J connectivity index is 1.32. The minimum absolute atomic E-state index is 0.158. The van der Waals surface area contributed by atoms with E-state index in [0.29, 0.717) is 18.7 Å². The topological polar surface area (TPSA) is 77.6 Å². The molecule has 0 bridgehead atoms. The van der Waals surface area contributed by atoms with Crippen LogP contribution >= 0.6 is 0 Å². The maximum absolute atomic E-state index is 13.4. The number of nitrogens with one attached hydrogen (secondary N) is 1. The van der Waals surface area contributed by atoms with Crippen LogP contribution in [0.4, 0.5) is 4.39 Å². The van der Waals surface area contributed by atoms with Gasteiger partial charge in [-0.05, 0) is 62.8 Å². The zero-order chi connectivity index (χ0) is 21.2. The number of hydrogen-bond donors (Lipinski definition) is 1. The predicted molar refractivity (Wildman–Crippen MR) is 114 cm³/mol. The first-order valence-corrected chi connectivity index (χ1v) is 11.3. The quantitative estimate of drug-likeness (QED) is 0.685. The van der Waals surface area contributed by atoms with Crippen molar-refractivity contribution < 1.29 is 9.18 Å². The highest BCUT2D eigenvalue weighted by Crippen LogP contribution is 2.27. The normalized spacial score (nSPS) is 15.8. The van der Waals surface area contributed by atoms with Gasteiger partial charge in [0.15, 0.2) is 5.69 Å². The van der Waals surface area contributed by atoms with E-state index in [4.69, 9.17) is 0 Å². The van der Waals surface area contributed by atoms with Crippen LogP contribution in [0.2, 0.25) is 0 Å². The fraction of sp³-hybridized carbons (Fsp3) is 0.478. The Labute approximate surface area is 180 Å². The van der Waals surface area contributed by atoms with Gasteiger partial charge < -0.3 is 9.88 Å². The molecule has 3 aromatic rings. The van der Waals surface area contributed by atoms with Gasteiger partial charge >= 0.3 is 0 Å². The molecule has 31 heavy (non-hydrogen) atoms. The molecule has 0 radical (unpaired) electrons. The van der Waals surface area contributed by atoms with Crippen molar-refractivity contribution in [1.29, 1.82) is 0 Å². The monoisotopic (exact) mass is 422 g/mol. The minimum atomic E-state index is -0.283. The molecular weight excluding hydrogens is 395 g/mol. The maximum Gasteiger partial charge on any atom is 0.272 e. The van der Waals surface area contributed by atoms with E-state index in [1.165, 1.54) is 18.6 Å². The predicted octanol–water partition coefficient (Wildman–Crippen LogP) is 3.18. The maximum atomic E-state index is 13.4. The number of aromatic nitrogens is 5. The van der Waals surface area contributed by atoms with Crippen LogP contribution in [0.5, 0.6) is 0 Å². The van der Waals surface area contributed by atoms with Gasteiger partial charge in [-0.25, -0.2) is 9.07 Å². The molecule has 3 heterocycles. The van der Waals surface area contributed by atoms with Crippen LogP contribution in [0.15, 0.2) is 24.3 Å². The van der Waals surface area contributed by atoms with Crippen molar-refractivity contribution in [2.75, 3.05) is 6.54 Å². The van der Waals surface area contributed by atoms with Gasteiger partial charge in [0.2, 0.25) is 0 Å². The smallest absolute Gasteiger partial charge is 0.272 e. The number of halogens is 1. The van der Waals surface area contributed by atoms with Crippen molar-refractivity contribution in [2.24, 2.45) is 0 Å². The third kappa shape index (κ3) is 3.98. The lowest BCUT2D eigenvalue weighted by molar-refractivity contribution is 0.0947. The Morgan fingerprint density at radius 3 is 2.68 bits per heavy atom. The standard InChI is InChI=1S/C23H27FN6O/c24-16-9-11-17(12-10-16)30-19-7-4-3-6-18(19)22(28-30)23(31)25-14-13-21-27-26-20-8-2-1-5-15-29(20)21/h9-12H,1-8,13-15H2,(H,25,31). The van der Waals surface area contributed by atoms with Crippen molar-refractivity contribution in [3.8, 4) is 5.69 Å². The lowest BCUT2D eigenvalue weighted by Gasteiger charge is -2.14. The molecule has 1 aliphatic carbocycles. The molecule has 0 fully saturated rings. The van der Waals surface area contributed by atoms with Crippen molar-refractivity contribution in [3.05, 3.63) is 58.7 Å². The number of amides is 1. The van der Waals surface area contributed by atoms with Crippen LogP contribution in [-0.2, 0) is 32.2 Å². The van der Waals surface area contributed by atoms with Crippen molar-refractivity contribution >= 4 is 5.91 Å². The van der Waals surface area contributed by atoms with Gasteiger partial charge in [0, 0.05) is 37.2 Å². The van der Waals surface area contributed by atoms with Crippen LogP contribution in [0.1, 0.15) is 65.5 Å². The summed E-state index contributed by atoms with van der Waals surface area (Å²) in [5, 5.41) is 16.3. The van der Waals surface area contributed by atoms with Crippen LogP contribution in [0.3, 0.4) is 0 Å². The third-order valence-corrected chi connectivity index (χ3v) is 6.29. The summed E-state index contributed by atoms with van der Waals surface area (Å²) < 4.78 is 17.4. The summed E-state index contributed by atoms with van der Waals surface area (Å²) in [7, 11) is 0. The average Bonchev–Trinajstić information content (AvgIpc) is 3.27. The van der Waals surface area contributed by atoms with Crippen molar-refractivity contribution in [1.82, 2.24) is 29.9 Å². The van der Waals surface area contributed by atoms with E-state index < -0.39 is 0 Å². The van der Waals surface area contributed by atoms with E-state index in [9.17, 15) is 9.18 Å². The molecule has 1 aromatic carbocycles. The van der Waals surface area contributed by atoms with Gasteiger partial charge in [-0.1, -0.05) is 6.42 Å². The van der Waals surface area contributed by atoms with Crippen molar-refractivity contribution in [2.45, 2.75) is 64.3 Å². The molecular formula is C23H27FN6O. The Morgan fingerprint density at radius 2 is 1.81 bits per heavy atom. The average molecular weight is 423 g/mol. The number of benzene rings is 1. The largest absolute Gasteiger partial charge is 0.350 e. The van der Waals surface area contributed by atoms with E-state index in [0.717, 1.165) is 80.1 Å². The van der Waals surface area contributed by atoms with Crippen LogP contribution in [0, 0.1) is 5.82 Å². The highest BCUT2D eigenvalue weighted by Gasteiger charge is 2.25. The van der Waals surface area contributed by atoms with Crippen LogP contribution in [0.25, 0.3) is 5.69 Å². The van der Waals surface area contributed by atoms with Gasteiger partial charge in [-0.15, -0.1) is 10.2 Å². The lowest BCUT2D eigenvalue weighted by atomic mass is 9.95. The second-order valence-electron chi connectivity index (χ2n) is 8.37. The fourth-order valence-corrected chi connectivity index (χ4v) is 4.68. The Hall–Kier alpha value is -3.03. The minimum Gasteiger partial charge on any atom is -0.350 e. The van der Waals surface area contributed by atoms with E-state index in [2.05, 4.69) is 25.2 Å². The van der Waals surface area contributed by atoms with Crippen LogP contribution < -0.4 is 5.32 Å². The lowest BCUT2D eigenvalue weighted by Crippen LogP contribution is -2.28. The van der Waals surface area contributed by atoms with E-state index >= 15 is 0 Å². The zero-order valence-electron chi connectivity index (χ0n) is 17.6. The highest BCUT2D eigenvalue weighted by molar-refractivity contribution is 5.94. The Morgan fingerprint density at radius 1 is 1.00 bits per heavy atom. The fourth-order valence-electron chi connectivity index (χ4n) is 4.68. The first-order chi connectivity index (χ1) is 15.2. The summed E-state index contributed by atoms with van der Waals surface area (Å²) in [5.41, 5.74) is 3.35. The van der Waals surface area contributed by atoms with E-state index in [1.54, 1.807) is 16.8 Å². The van der Waals surface area contributed by atoms with Gasteiger partial charge in [0.1, 0.15) is 17.5 Å². The molecule has 2 aromatic heterocycles. The molecule has 1 amide bonds. The molecule has 1 aliphatic heterocycles. The van der Waals surface area contributed by atoms with Gasteiger partial charge in [0.25, 0.3) is 5.91 Å². The number of carbonyl (C=O) groups is 1. The molecule has 8 heteroatoms. The number of nitrogens with zero attached hydrogens (tertiary/aromatic N) is 5. The molecule has 162 valence electrons. The summed E-state index contributed by atoms with van der Waals surface area (Å²) in [4.78, 5) is 13.0. The number of fused-ring (bicyclic) bond motifs is 2. The summed E-state index contributed by atoms with van der Waals surface area (Å²) in [5.74, 6) is 1.56. The Kier molecular flexibility index (Phi) is 5.53. The van der Waals surface area contributed by atoms with Crippen molar-refractivity contribution in [3.63, 3.8) is 0 Å². The third-order valence-electron chi connectivity index (χ3n) is 6.29. The Bertz CT molecular complexity index is 1080. The number of aryl methyl sites for hydroxylation is 1. The molecule has 0 spiro atoms. The number of hydrogen-bond acceptors (Lipinski definition) is 4. The second kappa shape index (κ2) is 8.61. The van der Waals surface area contributed by atoms with Gasteiger partial charge in [-0.2, -0.15) is 5.10 Å². The molecule has 5 rings (SSSR count). The first kappa shape index (κ1) is 19.9. The summed E-state index contributed by atoms with van der Waals surface area (Å²) in [6, 6.07) is 6.26. The molecule has 1 N–H and O–H groups in total. The molecule has 0 saturated carbocycles. The van der Waals surface area contributed by atoms with Gasteiger partial charge in [0.05, 0.1) is 5.69 Å². The summed E-state index contributed by atoms with van der Waals surface area (Å²) >= 11 is 0. The van der Waals surface area contributed by atoms with Crippen LogP contribution in [-0.4, -0.2) is 37.0 Å². The molecule has 0 atom stereocenters. The molecule has 0 unspecified atom stereocenters. The van der Waals surface area contributed by atoms with E-state index in [1.807, 2.05) is 0 Å². The summed E-state index contributed by atoms with van der Waals surface area (Å²) in [6.07, 6.45) is 9.00. The van der Waals surface area contributed by atoms with E-state index in [-0.39, 0.29) is 11.7 Å². The second-order valence-corrected chi connectivity index (χ2v) is 8.37. The molecule has 2 aliphatic rings. The molecule has 0 saturated heterocycles. The number of carbonyl (C=O) groups excluding carboxylic acids is 1. The first-order valence-electron chi connectivity index (χ1n) is 11.3. The zero-order valence-corrected chi connectivity index (χ0v) is 17.6. The SMILES string of the molecule is O=C(NCCc1nnc2n1CCCCC2)c1nn(-c2ccc(F)cc2)c2c1CCCC2. The van der Waals surface area contributed by atoms with Gasteiger partial charge in [-0.3, -0.25) is 4.79 Å². The highest BCUT2D eigenvalue weighted by atomic mass is 19.1. The number of rotatable bonds is 5. The molecule has 7 nitrogen and oxygen atoms in total. The summed E-state index contributed by atoms with van der Waals surface area (Å²) in [6.45, 7) is 1.45.